The molecule has 0 aromatic carbocycles. The molecule has 0 aliphatic heterocycles. The molecule has 1 heterocycles. The summed E-state index contributed by atoms with van der Waals surface area (Å²) in [5.41, 5.74) is 2.31. The van der Waals surface area contributed by atoms with Crippen molar-refractivity contribution in [2.24, 2.45) is 41.0 Å². The number of alkyl halides is 1. The number of hydrogen-bond acceptors (Lipinski definition) is 3. The second kappa shape index (κ2) is 7.18. The third-order valence-corrected chi connectivity index (χ3v) is 11.5. The van der Waals surface area contributed by atoms with E-state index in [1.54, 1.807) is 6.08 Å². The molecule has 178 valence electrons. The first kappa shape index (κ1) is 23.1. The molecule has 4 nitrogen and oxygen atoms in total. The van der Waals surface area contributed by atoms with Crippen LogP contribution in [0.3, 0.4) is 0 Å². The van der Waals surface area contributed by atoms with Gasteiger partial charge in [-0.2, -0.15) is 5.10 Å². The van der Waals surface area contributed by atoms with Gasteiger partial charge in [0.25, 0.3) is 0 Å². The van der Waals surface area contributed by atoms with Crippen LogP contribution in [0.2, 0.25) is 0 Å². The molecule has 1 aromatic heterocycles. The van der Waals surface area contributed by atoms with Gasteiger partial charge in [-0.3, -0.25) is 9.48 Å². The second-order valence-corrected chi connectivity index (χ2v) is 12.3. The Hall–Kier alpha value is -1.65. The van der Waals surface area contributed by atoms with E-state index in [0.29, 0.717) is 12.8 Å². The van der Waals surface area contributed by atoms with E-state index in [1.807, 2.05) is 24.0 Å². The summed E-state index contributed by atoms with van der Waals surface area (Å²) in [6, 6.07) is 0. The summed E-state index contributed by atoms with van der Waals surface area (Å²) in [5.74, 6) is 0.729. The van der Waals surface area contributed by atoms with Crippen LogP contribution >= 0.6 is 11.6 Å². The fourth-order valence-corrected chi connectivity index (χ4v) is 9.55. The summed E-state index contributed by atoms with van der Waals surface area (Å²) in [7, 11) is 1.98. The molecule has 1 N–H and O–H groups in total. The summed E-state index contributed by atoms with van der Waals surface area (Å²) in [4.78, 5) is 12.8. The maximum absolute atomic E-state index is 13.6. The highest BCUT2D eigenvalue weighted by Crippen LogP contribution is 2.74. The number of Topliss-reactive ketones (excluding diaryl/α,β-unsaturated/α-hetero) is 1. The topological polar surface area (TPSA) is 55.1 Å². The van der Waals surface area contributed by atoms with Crippen LogP contribution in [0.5, 0.6) is 0 Å². The molecule has 1 aromatic rings. The van der Waals surface area contributed by atoms with Gasteiger partial charge in [-0.05, 0) is 66.9 Å². The van der Waals surface area contributed by atoms with E-state index in [0.717, 1.165) is 31.4 Å². The van der Waals surface area contributed by atoms with Gasteiger partial charge >= 0.3 is 0 Å². The van der Waals surface area contributed by atoms with Gasteiger partial charge in [0.05, 0.1) is 28.3 Å². The molecule has 3 saturated carbocycles. The van der Waals surface area contributed by atoms with Crippen molar-refractivity contribution in [1.29, 1.82) is 0 Å². The van der Waals surface area contributed by atoms with Crippen molar-refractivity contribution >= 4 is 23.5 Å². The van der Waals surface area contributed by atoms with Gasteiger partial charge < -0.3 is 5.11 Å². The number of nitrogens with zero attached hydrogens (tertiary/aromatic N) is 2. The van der Waals surface area contributed by atoms with Crippen molar-refractivity contribution in [3.63, 3.8) is 0 Å². The molecular weight excluding hydrogens is 432 g/mol. The Morgan fingerprint density at radius 2 is 2.09 bits per heavy atom. The smallest absolute Gasteiger partial charge is 0.147 e. The van der Waals surface area contributed by atoms with Crippen molar-refractivity contribution in [3.8, 4) is 0 Å². The van der Waals surface area contributed by atoms with Gasteiger partial charge in [-0.1, -0.05) is 38.5 Å². The summed E-state index contributed by atoms with van der Waals surface area (Å²) in [6.07, 6.45) is 11.6. The zero-order chi connectivity index (χ0) is 24.0. The molecule has 3 fully saturated rings. The molecule has 0 unspecified atom stereocenters. The number of aliphatic hydroxyl groups is 1. The molecule has 0 spiro atoms. The molecule has 8 atom stereocenters. The largest absolute Gasteiger partial charge is 0.391 e. The summed E-state index contributed by atoms with van der Waals surface area (Å²) in [5, 5.41) is 16.4. The molecule has 0 amide bonds. The van der Waals surface area contributed by atoms with E-state index in [1.165, 1.54) is 11.1 Å². The Balaban J connectivity index is 1.62. The van der Waals surface area contributed by atoms with Crippen LogP contribution in [0.15, 0.2) is 37.1 Å². The number of carbonyl (C=O) groups is 1. The van der Waals surface area contributed by atoms with Gasteiger partial charge in [0.1, 0.15) is 5.78 Å². The van der Waals surface area contributed by atoms with Crippen LogP contribution in [0, 0.1) is 34.0 Å². The predicted octanol–water partition coefficient (Wildman–Crippen LogP) is 5.50. The molecule has 0 saturated heterocycles. The molecule has 33 heavy (non-hydrogen) atoms. The maximum Gasteiger partial charge on any atom is 0.147 e. The molecule has 4 aliphatic rings. The second-order valence-electron chi connectivity index (χ2n) is 11.6. The van der Waals surface area contributed by atoms with Gasteiger partial charge in [-0.25, -0.2) is 0 Å². The number of aromatic nitrogens is 2. The van der Waals surface area contributed by atoms with E-state index in [9.17, 15) is 9.90 Å². The molecule has 4 aliphatic carbocycles. The average Bonchev–Trinajstić information content (AvgIpc) is 3.21. The first-order chi connectivity index (χ1) is 15.5. The Kier molecular flexibility index (Phi) is 5.03. The summed E-state index contributed by atoms with van der Waals surface area (Å²) in [6.45, 7) is 14.6. The first-order valence-electron chi connectivity index (χ1n) is 12.4. The van der Waals surface area contributed by atoms with Gasteiger partial charge in [0.2, 0.25) is 0 Å². The quantitative estimate of drug-likeness (QED) is 0.469. The normalized spacial score (nSPS) is 45.8. The minimum absolute atomic E-state index is 0.133. The van der Waals surface area contributed by atoms with E-state index in [2.05, 4.69) is 45.1 Å². The Bertz CT molecular complexity index is 1070. The lowest BCUT2D eigenvalue weighted by atomic mass is 9.43. The summed E-state index contributed by atoms with van der Waals surface area (Å²) >= 11 is 7.72. The third-order valence-electron chi connectivity index (χ3n) is 10.6. The standard InChI is InChI=1S/C28H37ClN2O2/c1-7-9-23(32)27(8-2)17(3)12-21-20-11-10-19-13-22-18(16-30-31(22)6)14-25(19,4)28(20,29)24(33)15-26(21,27)5/h7-8,13,16-17,20-21,24,33H,1-2,9-12,14-15H2,3-6H3/t17-,20-,21-,24-,25-,26-,27+,28-/m0/s1. The van der Waals surface area contributed by atoms with Crippen LogP contribution in [-0.2, 0) is 18.3 Å². The number of rotatable bonds is 4. The Morgan fingerprint density at radius 3 is 2.76 bits per heavy atom. The van der Waals surface area contributed by atoms with Crippen molar-refractivity contribution in [3.05, 3.63) is 48.3 Å². The Morgan fingerprint density at radius 1 is 1.36 bits per heavy atom. The van der Waals surface area contributed by atoms with Crippen molar-refractivity contribution in [2.45, 2.75) is 70.3 Å². The monoisotopic (exact) mass is 468 g/mol. The van der Waals surface area contributed by atoms with Crippen molar-refractivity contribution in [2.75, 3.05) is 0 Å². The van der Waals surface area contributed by atoms with Crippen LogP contribution in [0.4, 0.5) is 0 Å². The fraction of sp³-hybridized carbons (Fsp3) is 0.643. The lowest BCUT2D eigenvalue weighted by Crippen LogP contribution is -2.68. The number of allylic oxidation sites excluding steroid dienone is 3. The Labute approximate surface area is 202 Å². The van der Waals surface area contributed by atoms with Crippen LogP contribution in [-0.4, -0.2) is 31.6 Å². The van der Waals surface area contributed by atoms with Crippen LogP contribution in [0.25, 0.3) is 6.08 Å². The zero-order valence-corrected chi connectivity index (χ0v) is 21.2. The number of aliphatic hydroxyl groups excluding tert-OH is 1. The fourth-order valence-electron chi connectivity index (χ4n) is 9.02. The highest BCUT2D eigenvalue weighted by Gasteiger charge is 2.74. The minimum Gasteiger partial charge on any atom is -0.391 e. The SMILES string of the molecule is C=CCC(=O)[C@@]1(C=C)[C@@H](C)C[C@H]2[C@@H]3CCC4=Cc5c(cnn5C)C[C@]4(C)[C@@]3(Cl)[C@@H](O)C[C@@]21C. The first-order valence-corrected chi connectivity index (χ1v) is 12.8. The average molecular weight is 469 g/mol. The van der Waals surface area contributed by atoms with Crippen LogP contribution in [0.1, 0.15) is 64.1 Å². The van der Waals surface area contributed by atoms with Gasteiger partial charge in [-0.15, -0.1) is 24.8 Å². The number of aryl methyl sites for hydroxylation is 1. The number of halogens is 1. The maximum atomic E-state index is 13.6. The van der Waals surface area contributed by atoms with E-state index in [4.69, 9.17) is 11.6 Å². The number of hydrogen-bond donors (Lipinski definition) is 1. The molecule has 5 heteroatoms. The number of ketones is 1. The summed E-state index contributed by atoms with van der Waals surface area (Å²) < 4.78 is 1.94. The lowest BCUT2D eigenvalue weighted by molar-refractivity contribution is -0.147. The zero-order valence-electron chi connectivity index (χ0n) is 20.4. The third kappa shape index (κ3) is 2.52. The van der Waals surface area contributed by atoms with E-state index in [-0.39, 0.29) is 34.4 Å². The number of fused-ring (bicyclic) bond motifs is 6. The predicted molar refractivity (Wildman–Crippen MR) is 133 cm³/mol. The highest BCUT2D eigenvalue weighted by molar-refractivity contribution is 6.26. The van der Waals surface area contributed by atoms with Crippen LogP contribution < -0.4 is 0 Å². The minimum atomic E-state index is -0.771. The lowest BCUT2D eigenvalue weighted by Gasteiger charge is -2.65. The molecule has 5 rings (SSSR count). The van der Waals surface area contributed by atoms with Crippen molar-refractivity contribution in [1.82, 2.24) is 9.78 Å². The van der Waals surface area contributed by atoms with E-state index < -0.39 is 16.4 Å². The van der Waals surface area contributed by atoms with Crippen molar-refractivity contribution < 1.29 is 9.90 Å². The molecule has 0 radical (unpaired) electrons. The molecular formula is C28H37ClN2O2. The van der Waals surface area contributed by atoms with Gasteiger partial charge in [0, 0.05) is 18.9 Å². The highest BCUT2D eigenvalue weighted by atomic mass is 35.5. The number of carbonyl (C=O) groups excluding carboxylic acids is 1. The van der Waals surface area contributed by atoms with Gasteiger partial charge in [0.15, 0.2) is 0 Å². The molecule has 0 bridgehead atoms. The van der Waals surface area contributed by atoms with E-state index >= 15 is 0 Å².